The summed E-state index contributed by atoms with van der Waals surface area (Å²) < 4.78 is 5.39. The van der Waals surface area contributed by atoms with Crippen LogP contribution in [0.1, 0.15) is 11.1 Å². The molecule has 1 unspecified atom stereocenters. The number of hydrogen-bond donors (Lipinski definition) is 3. The maximum absolute atomic E-state index is 6.40. The van der Waals surface area contributed by atoms with Gasteiger partial charge in [0, 0.05) is 25.3 Å². The molecule has 1 atom stereocenters. The van der Waals surface area contributed by atoms with Crippen LogP contribution in [-0.4, -0.2) is 47.3 Å². The van der Waals surface area contributed by atoms with Gasteiger partial charge in [0.25, 0.3) is 0 Å². The first-order chi connectivity index (χ1) is 13.6. The van der Waals surface area contributed by atoms with E-state index in [1.165, 1.54) is 5.56 Å². The van der Waals surface area contributed by atoms with Gasteiger partial charge in [-0.15, -0.1) is 0 Å². The van der Waals surface area contributed by atoms with Crippen LogP contribution in [0, 0.1) is 0 Å². The monoisotopic (exact) mass is 379 g/mol. The van der Waals surface area contributed by atoms with Crippen LogP contribution in [0.25, 0.3) is 10.9 Å². The molecule has 0 aliphatic carbocycles. The smallest absolute Gasteiger partial charge is 0.228 e. The first-order valence-corrected chi connectivity index (χ1v) is 9.44. The largest absolute Gasteiger partial charge is 0.383 e. The predicted molar refractivity (Wildman–Crippen MR) is 111 cm³/mol. The standard InChI is InChI=1S/C20H25N7O/c21-15(10-13-4-2-1-3-5-13)11-14-12-24-19(23)17-16(14)18(22)26-20(25-17)27-6-8-28-9-7-27/h1-5,12,15H,6-11,21H2,(H2,23,24)(H2,22,25,26). The van der Waals surface area contributed by atoms with Gasteiger partial charge in [-0.1, -0.05) is 30.3 Å². The van der Waals surface area contributed by atoms with Crippen molar-refractivity contribution in [2.45, 2.75) is 18.9 Å². The zero-order valence-corrected chi connectivity index (χ0v) is 15.7. The molecule has 0 amide bonds. The molecule has 1 aliphatic heterocycles. The molecule has 146 valence electrons. The Kier molecular flexibility index (Phi) is 5.23. The summed E-state index contributed by atoms with van der Waals surface area (Å²) in [6.07, 6.45) is 3.11. The molecular formula is C20H25N7O. The van der Waals surface area contributed by atoms with E-state index in [0.717, 1.165) is 30.5 Å². The zero-order chi connectivity index (χ0) is 19.5. The minimum absolute atomic E-state index is 0.0747. The molecule has 0 radical (unpaired) electrons. The Morgan fingerprint density at radius 1 is 1.00 bits per heavy atom. The third-order valence-corrected chi connectivity index (χ3v) is 4.97. The Bertz CT molecular complexity index is 958. The van der Waals surface area contributed by atoms with E-state index in [2.05, 4.69) is 27.1 Å². The van der Waals surface area contributed by atoms with Gasteiger partial charge in [-0.2, -0.15) is 4.98 Å². The fourth-order valence-corrected chi connectivity index (χ4v) is 3.57. The average Bonchev–Trinajstić information content (AvgIpc) is 2.71. The lowest BCUT2D eigenvalue weighted by Crippen LogP contribution is -2.37. The van der Waals surface area contributed by atoms with Crippen molar-refractivity contribution in [1.29, 1.82) is 0 Å². The molecule has 1 aromatic carbocycles. The van der Waals surface area contributed by atoms with Crippen LogP contribution in [0.4, 0.5) is 17.6 Å². The molecule has 2 aromatic heterocycles. The molecule has 1 fully saturated rings. The second-order valence-corrected chi connectivity index (χ2v) is 7.05. The van der Waals surface area contributed by atoms with Gasteiger partial charge in [-0.25, -0.2) is 9.97 Å². The fourth-order valence-electron chi connectivity index (χ4n) is 3.57. The second kappa shape index (κ2) is 7.95. The van der Waals surface area contributed by atoms with Crippen LogP contribution >= 0.6 is 0 Å². The number of nitrogen functional groups attached to an aromatic ring is 2. The second-order valence-electron chi connectivity index (χ2n) is 7.05. The summed E-state index contributed by atoms with van der Waals surface area (Å²) in [7, 11) is 0. The Balaban J connectivity index is 1.64. The Hall–Kier alpha value is -2.97. The van der Waals surface area contributed by atoms with Crippen molar-refractivity contribution in [3.8, 4) is 0 Å². The molecule has 8 nitrogen and oxygen atoms in total. The highest BCUT2D eigenvalue weighted by Crippen LogP contribution is 2.29. The summed E-state index contributed by atoms with van der Waals surface area (Å²) in [5.74, 6) is 1.31. The lowest BCUT2D eigenvalue weighted by atomic mass is 9.98. The summed E-state index contributed by atoms with van der Waals surface area (Å²) in [6, 6.07) is 10.1. The van der Waals surface area contributed by atoms with Gasteiger partial charge in [-0.3, -0.25) is 0 Å². The van der Waals surface area contributed by atoms with Gasteiger partial charge in [0.15, 0.2) is 0 Å². The molecule has 28 heavy (non-hydrogen) atoms. The predicted octanol–water partition coefficient (Wildman–Crippen LogP) is 1.14. The number of pyridine rings is 1. The zero-order valence-electron chi connectivity index (χ0n) is 15.7. The molecule has 0 spiro atoms. The van der Waals surface area contributed by atoms with Gasteiger partial charge in [0.1, 0.15) is 17.2 Å². The number of aromatic nitrogens is 3. The summed E-state index contributed by atoms with van der Waals surface area (Å²) in [5, 5.41) is 0.744. The summed E-state index contributed by atoms with van der Waals surface area (Å²) in [5.41, 5.74) is 21.5. The first-order valence-electron chi connectivity index (χ1n) is 9.44. The maximum atomic E-state index is 6.40. The summed E-state index contributed by atoms with van der Waals surface area (Å²) in [6.45, 7) is 2.73. The minimum Gasteiger partial charge on any atom is -0.383 e. The van der Waals surface area contributed by atoms with Crippen LogP contribution in [0.2, 0.25) is 0 Å². The lowest BCUT2D eigenvalue weighted by molar-refractivity contribution is 0.122. The molecule has 1 saturated heterocycles. The number of ether oxygens (including phenoxy) is 1. The van der Waals surface area contributed by atoms with E-state index >= 15 is 0 Å². The molecule has 3 aromatic rings. The maximum Gasteiger partial charge on any atom is 0.228 e. The quantitative estimate of drug-likeness (QED) is 0.602. The van der Waals surface area contributed by atoms with E-state index in [1.54, 1.807) is 6.20 Å². The van der Waals surface area contributed by atoms with Crippen LogP contribution in [0.3, 0.4) is 0 Å². The van der Waals surface area contributed by atoms with E-state index in [9.17, 15) is 0 Å². The van der Waals surface area contributed by atoms with E-state index in [-0.39, 0.29) is 6.04 Å². The number of morpholine rings is 1. The summed E-state index contributed by atoms with van der Waals surface area (Å²) in [4.78, 5) is 15.6. The average molecular weight is 379 g/mol. The lowest BCUT2D eigenvalue weighted by Gasteiger charge is -2.27. The Morgan fingerprint density at radius 3 is 2.50 bits per heavy atom. The molecule has 6 N–H and O–H groups in total. The van der Waals surface area contributed by atoms with E-state index < -0.39 is 0 Å². The number of anilines is 3. The minimum atomic E-state index is -0.0747. The van der Waals surface area contributed by atoms with Gasteiger partial charge < -0.3 is 26.8 Å². The number of nitrogens with zero attached hydrogens (tertiary/aromatic N) is 4. The molecule has 3 heterocycles. The molecule has 8 heteroatoms. The first kappa shape index (κ1) is 18.4. The van der Waals surface area contributed by atoms with Gasteiger partial charge >= 0.3 is 0 Å². The molecule has 1 aliphatic rings. The van der Waals surface area contributed by atoms with Crippen LogP contribution in [-0.2, 0) is 17.6 Å². The van der Waals surface area contributed by atoms with Gasteiger partial charge in [-0.05, 0) is 24.0 Å². The van der Waals surface area contributed by atoms with E-state index in [4.69, 9.17) is 21.9 Å². The van der Waals surface area contributed by atoms with Crippen molar-refractivity contribution >= 4 is 28.5 Å². The number of hydrogen-bond acceptors (Lipinski definition) is 8. The van der Waals surface area contributed by atoms with Crippen molar-refractivity contribution in [2.75, 3.05) is 42.7 Å². The van der Waals surface area contributed by atoms with Crippen LogP contribution in [0.5, 0.6) is 0 Å². The summed E-state index contributed by atoms with van der Waals surface area (Å²) >= 11 is 0. The highest BCUT2D eigenvalue weighted by molar-refractivity contribution is 5.97. The third-order valence-electron chi connectivity index (χ3n) is 4.97. The normalized spacial score (nSPS) is 15.7. The number of fused-ring (bicyclic) bond motifs is 1. The topological polar surface area (TPSA) is 129 Å². The molecule has 0 bridgehead atoms. The van der Waals surface area contributed by atoms with E-state index in [0.29, 0.717) is 42.7 Å². The van der Waals surface area contributed by atoms with Gasteiger partial charge in [0.2, 0.25) is 5.95 Å². The van der Waals surface area contributed by atoms with Crippen molar-refractivity contribution in [3.63, 3.8) is 0 Å². The van der Waals surface area contributed by atoms with Crippen LogP contribution < -0.4 is 22.1 Å². The highest BCUT2D eigenvalue weighted by atomic mass is 16.5. The van der Waals surface area contributed by atoms with Crippen molar-refractivity contribution in [3.05, 3.63) is 47.7 Å². The fraction of sp³-hybridized carbons (Fsp3) is 0.350. The third kappa shape index (κ3) is 3.83. The van der Waals surface area contributed by atoms with E-state index in [1.807, 2.05) is 23.1 Å². The van der Waals surface area contributed by atoms with Crippen LogP contribution in [0.15, 0.2) is 36.5 Å². The molecule has 0 saturated carbocycles. The highest BCUT2D eigenvalue weighted by Gasteiger charge is 2.19. The SMILES string of the molecule is Nc1ncc(CC(N)Cc2ccccc2)c2c(N)nc(N3CCOCC3)nc12. The molecular weight excluding hydrogens is 354 g/mol. The van der Waals surface area contributed by atoms with Crippen molar-refractivity contribution < 1.29 is 4.74 Å². The molecule has 4 rings (SSSR count). The van der Waals surface area contributed by atoms with Gasteiger partial charge in [0.05, 0.1) is 18.6 Å². The number of benzene rings is 1. The van der Waals surface area contributed by atoms with Crippen molar-refractivity contribution in [2.24, 2.45) is 5.73 Å². The number of rotatable bonds is 5. The Morgan fingerprint density at radius 2 is 1.75 bits per heavy atom. The van der Waals surface area contributed by atoms with Crippen molar-refractivity contribution in [1.82, 2.24) is 15.0 Å². The number of nitrogens with two attached hydrogens (primary N) is 3. The Labute approximate surface area is 163 Å².